The minimum absolute atomic E-state index is 0. The topological polar surface area (TPSA) is 74.5 Å². The van der Waals surface area contributed by atoms with Gasteiger partial charge in [0.15, 0.2) is 0 Å². The number of benzene rings is 1. The van der Waals surface area contributed by atoms with Crippen LogP contribution in [-0.4, -0.2) is 49.0 Å². The molecule has 1 amide bonds. The minimum atomic E-state index is -1.07. The monoisotopic (exact) mass is 461 g/mol. The molecule has 6 nitrogen and oxygen atoms in total. The number of hydrogen-bond acceptors (Lipinski definition) is 5. The Bertz CT molecular complexity index is 753. The lowest BCUT2D eigenvalue weighted by Gasteiger charge is -2.34. The first kappa shape index (κ1) is 27.4. The Kier molecular flexibility index (Phi) is 11.5. The molecule has 1 saturated heterocycles. The fourth-order valence-electron chi connectivity index (χ4n) is 3.15. The predicted octanol–water partition coefficient (Wildman–Crippen LogP) is 2.59. The summed E-state index contributed by atoms with van der Waals surface area (Å²) in [5, 5.41) is 2.98. The molecule has 1 aromatic carbocycles. The van der Waals surface area contributed by atoms with E-state index in [2.05, 4.69) is 27.1 Å². The molecule has 0 saturated carbocycles. The summed E-state index contributed by atoms with van der Waals surface area (Å²) in [5.74, 6) is 0.746. The van der Waals surface area contributed by atoms with E-state index in [0.717, 1.165) is 43.1 Å². The number of nitrogens with one attached hydrogen (secondary N) is 1. The van der Waals surface area contributed by atoms with E-state index in [9.17, 15) is 4.79 Å². The molecule has 1 fully saturated rings. The summed E-state index contributed by atoms with van der Waals surface area (Å²) < 4.78 is 0. The molecular weight excluding hydrogens is 433 g/mol. The van der Waals surface area contributed by atoms with Crippen LogP contribution < -0.4 is 16.0 Å². The Morgan fingerprint density at radius 2 is 1.69 bits per heavy atom. The summed E-state index contributed by atoms with van der Waals surface area (Å²) in [7, 11) is 2.13. The standard InChI is InChI=1S/C20H27N5O.3ClH/c1-20(21,17-8-4-3-5-9-17)19(26)23-15-16-7-6-10-22-18(16)25-13-11-24(2)12-14-25;;;/h3-10H,11-15,21H2,1-2H3,(H,23,26);3*1H. The van der Waals surface area contributed by atoms with Gasteiger partial charge >= 0.3 is 0 Å². The quantitative estimate of drug-likeness (QED) is 0.714. The van der Waals surface area contributed by atoms with Gasteiger partial charge in [0.05, 0.1) is 0 Å². The predicted molar refractivity (Wildman–Crippen MR) is 126 cm³/mol. The molecule has 162 valence electrons. The first-order chi connectivity index (χ1) is 12.5. The van der Waals surface area contributed by atoms with Crippen molar-refractivity contribution >= 4 is 48.9 Å². The lowest BCUT2D eigenvalue weighted by atomic mass is 9.92. The van der Waals surface area contributed by atoms with Crippen LogP contribution >= 0.6 is 37.2 Å². The van der Waals surface area contributed by atoms with Gasteiger partial charge < -0.3 is 20.9 Å². The highest BCUT2D eigenvalue weighted by Gasteiger charge is 2.30. The number of rotatable bonds is 5. The van der Waals surface area contributed by atoms with Crippen LogP contribution in [0.3, 0.4) is 0 Å². The molecule has 3 rings (SSSR count). The van der Waals surface area contributed by atoms with E-state index >= 15 is 0 Å². The van der Waals surface area contributed by atoms with Gasteiger partial charge in [-0.1, -0.05) is 36.4 Å². The summed E-state index contributed by atoms with van der Waals surface area (Å²) in [6, 6.07) is 13.4. The number of carbonyl (C=O) groups is 1. The van der Waals surface area contributed by atoms with Crippen LogP contribution in [0.25, 0.3) is 0 Å². The smallest absolute Gasteiger partial charge is 0.244 e. The summed E-state index contributed by atoms with van der Waals surface area (Å²) in [4.78, 5) is 21.8. The van der Waals surface area contributed by atoms with Crippen molar-refractivity contribution in [2.24, 2.45) is 5.73 Å². The number of piperazine rings is 1. The molecule has 1 aromatic heterocycles. The fourth-order valence-corrected chi connectivity index (χ4v) is 3.15. The van der Waals surface area contributed by atoms with Gasteiger partial charge in [-0.3, -0.25) is 4.79 Å². The number of likely N-dealkylation sites (N-methyl/N-ethyl adjacent to an activating group) is 1. The van der Waals surface area contributed by atoms with E-state index in [1.165, 1.54) is 0 Å². The molecule has 1 unspecified atom stereocenters. The largest absolute Gasteiger partial charge is 0.354 e. The molecule has 3 N–H and O–H groups in total. The maximum absolute atomic E-state index is 12.7. The van der Waals surface area contributed by atoms with Crippen LogP contribution in [0.4, 0.5) is 5.82 Å². The van der Waals surface area contributed by atoms with Crippen molar-refractivity contribution in [3.63, 3.8) is 0 Å². The van der Waals surface area contributed by atoms with Crippen molar-refractivity contribution in [2.45, 2.75) is 19.0 Å². The Labute approximate surface area is 191 Å². The number of carbonyl (C=O) groups excluding carboxylic acids is 1. The molecule has 2 aromatic rings. The van der Waals surface area contributed by atoms with Gasteiger partial charge in [0.25, 0.3) is 0 Å². The number of halogens is 3. The number of aromatic nitrogens is 1. The molecule has 0 bridgehead atoms. The zero-order valence-electron chi connectivity index (χ0n) is 16.7. The van der Waals surface area contributed by atoms with E-state index in [-0.39, 0.29) is 43.1 Å². The molecule has 1 atom stereocenters. The van der Waals surface area contributed by atoms with Crippen LogP contribution in [0.1, 0.15) is 18.1 Å². The third kappa shape index (κ3) is 6.73. The van der Waals surface area contributed by atoms with Crippen molar-refractivity contribution in [1.82, 2.24) is 15.2 Å². The van der Waals surface area contributed by atoms with Gasteiger partial charge in [-0.25, -0.2) is 4.98 Å². The number of nitrogens with zero attached hydrogens (tertiary/aromatic N) is 3. The first-order valence-electron chi connectivity index (χ1n) is 8.98. The molecule has 0 radical (unpaired) electrons. The van der Waals surface area contributed by atoms with E-state index in [4.69, 9.17) is 5.73 Å². The highest BCUT2D eigenvalue weighted by Crippen LogP contribution is 2.20. The SMILES string of the molecule is CN1CCN(c2ncccc2CNC(=O)C(C)(N)c2ccccc2)CC1.Cl.Cl.Cl. The van der Waals surface area contributed by atoms with Crippen LogP contribution in [0.2, 0.25) is 0 Å². The third-order valence-electron chi connectivity index (χ3n) is 4.95. The molecule has 2 heterocycles. The molecular formula is C20H30Cl3N5O. The molecule has 29 heavy (non-hydrogen) atoms. The molecule has 9 heteroatoms. The van der Waals surface area contributed by atoms with Gasteiger partial charge in [0.1, 0.15) is 11.4 Å². The number of pyridine rings is 1. The van der Waals surface area contributed by atoms with E-state index in [1.54, 1.807) is 13.1 Å². The first-order valence-corrected chi connectivity index (χ1v) is 8.98. The van der Waals surface area contributed by atoms with Crippen LogP contribution in [0.5, 0.6) is 0 Å². The number of nitrogens with two attached hydrogens (primary N) is 1. The second-order valence-corrected chi connectivity index (χ2v) is 7.03. The van der Waals surface area contributed by atoms with Gasteiger partial charge in [-0.15, -0.1) is 37.2 Å². The summed E-state index contributed by atoms with van der Waals surface area (Å²) in [5.41, 5.74) is 7.03. The zero-order valence-corrected chi connectivity index (χ0v) is 19.2. The highest BCUT2D eigenvalue weighted by molar-refractivity contribution is 5.87. The van der Waals surface area contributed by atoms with Crippen molar-refractivity contribution in [3.05, 3.63) is 59.8 Å². The van der Waals surface area contributed by atoms with E-state index in [1.807, 2.05) is 42.5 Å². The maximum Gasteiger partial charge on any atom is 0.244 e. The van der Waals surface area contributed by atoms with Gasteiger partial charge in [-0.2, -0.15) is 0 Å². The Morgan fingerprint density at radius 1 is 1.07 bits per heavy atom. The van der Waals surface area contributed by atoms with Crippen LogP contribution in [0, 0.1) is 0 Å². The van der Waals surface area contributed by atoms with Gasteiger partial charge in [0, 0.05) is 44.5 Å². The lowest BCUT2D eigenvalue weighted by molar-refractivity contribution is -0.126. The third-order valence-corrected chi connectivity index (χ3v) is 4.95. The highest BCUT2D eigenvalue weighted by atomic mass is 35.5. The molecule has 1 aliphatic heterocycles. The van der Waals surface area contributed by atoms with Crippen molar-refractivity contribution < 1.29 is 4.79 Å². The van der Waals surface area contributed by atoms with Gasteiger partial charge in [-0.05, 0) is 25.6 Å². The van der Waals surface area contributed by atoms with Crippen LogP contribution in [0.15, 0.2) is 48.7 Å². The molecule has 0 aliphatic carbocycles. The summed E-state index contributed by atoms with van der Waals surface area (Å²) >= 11 is 0. The second-order valence-electron chi connectivity index (χ2n) is 7.03. The average molecular weight is 463 g/mol. The van der Waals surface area contributed by atoms with E-state index in [0.29, 0.717) is 6.54 Å². The number of anilines is 1. The zero-order chi connectivity index (χ0) is 18.6. The lowest BCUT2D eigenvalue weighted by Crippen LogP contribution is -2.49. The average Bonchev–Trinajstić information content (AvgIpc) is 2.67. The Balaban J connectivity index is 0.00000261. The second kappa shape index (κ2) is 12.2. The normalized spacial score (nSPS) is 15.8. The summed E-state index contributed by atoms with van der Waals surface area (Å²) in [6.45, 7) is 6.05. The van der Waals surface area contributed by atoms with Crippen LogP contribution in [-0.2, 0) is 16.9 Å². The number of amides is 1. The van der Waals surface area contributed by atoms with Crippen molar-refractivity contribution in [1.29, 1.82) is 0 Å². The van der Waals surface area contributed by atoms with Gasteiger partial charge in [0.2, 0.25) is 5.91 Å². The minimum Gasteiger partial charge on any atom is -0.354 e. The molecule has 0 spiro atoms. The Hall–Kier alpha value is -1.57. The number of hydrogen-bond donors (Lipinski definition) is 2. The summed E-state index contributed by atoms with van der Waals surface area (Å²) in [6.07, 6.45) is 1.80. The Morgan fingerprint density at radius 3 is 2.31 bits per heavy atom. The van der Waals surface area contributed by atoms with Crippen molar-refractivity contribution in [3.8, 4) is 0 Å². The van der Waals surface area contributed by atoms with Crippen molar-refractivity contribution in [2.75, 3.05) is 38.1 Å². The molecule has 1 aliphatic rings. The van der Waals surface area contributed by atoms with E-state index < -0.39 is 5.54 Å². The fraction of sp³-hybridized carbons (Fsp3) is 0.400. The maximum atomic E-state index is 12.7.